The lowest BCUT2D eigenvalue weighted by molar-refractivity contribution is 0.0297. The van der Waals surface area contributed by atoms with E-state index in [0.717, 1.165) is 11.8 Å². The van der Waals surface area contributed by atoms with Gasteiger partial charge in [0.05, 0.1) is 0 Å². The first-order valence-electron chi connectivity index (χ1n) is 5.24. The van der Waals surface area contributed by atoms with Gasteiger partial charge in [0.2, 0.25) is 0 Å². The monoisotopic (exact) mass is 179 g/mol. The smallest absolute Gasteiger partial charge is 0.154 e. The first-order chi connectivity index (χ1) is 6.04. The minimum absolute atomic E-state index is 0.0897. The number of fused-ring (bicyclic) bond motifs is 1. The minimum Gasteiger partial charge on any atom is -0.483 e. The fourth-order valence-electron chi connectivity index (χ4n) is 3.37. The Bertz CT molecular complexity index is 231. The van der Waals surface area contributed by atoms with E-state index in [4.69, 9.17) is 4.74 Å². The molecule has 0 N–H and O–H groups in total. The molecule has 0 heterocycles. The van der Waals surface area contributed by atoms with Gasteiger partial charge in [0.1, 0.15) is 5.60 Å². The van der Waals surface area contributed by atoms with E-state index in [-0.39, 0.29) is 5.60 Å². The Morgan fingerprint density at radius 3 is 2.69 bits per heavy atom. The molecule has 1 heteroatoms. The molecule has 13 heavy (non-hydrogen) atoms. The molecule has 0 aliphatic heterocycles. The van der Waals surface area contributed by atoms with Crippen molar-refractivity contribution in [3.63, 3.8) is 0 Å². The predicted molar refractivity (Wildman–Crippen MR) is 53.0 cm³/mol. The summed E-state index contributed by atoms with van der Waals surface area (Å²) in [6, 6.07) is 0. The average molecular weight is 179 g/mol. The molecule has 3 atom stereocenters. The second-order valence-corrected chi connectivity index (χ2v) is 5.30. The number of hydrogen-bond acceptors (Lipinski definition) is 1. The van der Waals surface area contributed by atoms with Crippen LogP contribution in [0, 0.1) is 23.5 Å². The van der Waals surface area contributed by atoms with Crippen molar-refractivity contribution in [2.45, 2.75) is 45.6 Å². The number of ether oxygens (including phenoxy) is 1. The molecule has 1 nitrogen and oxygen atoms in total. The number of hydrogen-bond donors (Lipinski definition) is 0. The zero-order chi connectivity index (χ0) is 9.69. The lowest BCUT2D eigenvalue weighted by atomic mass is 9.88. The van der Waals surface area contributed by atoms with Crippen LogP contribution in [0.25, 0.3) is 0 Å². The molecular weight excluding hydrogens is 160 g/mol. The summed E-state index contributed by atoms with van der Waals surface area (Å²) < 4.78 is 5.67. The van der Waals surface area contributed by atoms with E-state index in [1.54, 1.807) is 0 Å². The molecule has 2 fully saturated rings. The van der Waals surface area contributed by atoms with E-state index in [9.17, 15) is 0 Å². The van der Waals surface area contributed by atoms with E-state index in [2.05, 4.69) is 33.6 Å². The van der Waals surface area contributed by atoms with Crippen molar-refractivity contribution < 1.29 is 4.74 Å². The molecule has 73 valence electrons. The van der Waals surface area contributed by atoms with Crippen molar-refractivity contribution in [2.24, 2.45) is 17.3 Å². The van der Waals surface area contributed by atoms with Crippen LogP contribution in [-0.2, 0) is 4.74 Å². The molecule has 0 spiro atoms. The molecule has 1 radical (unpaired) electrons. The lowest BCUT2D eigenvalue weighted by Gasteiger charge is -2.26. The van der Waals surface area contributed by atoms with E-state index in [1.807, 2.05) is 0 Å². The summed E-state index contributed by atoms with van der Waals surface area (Å²) in [5, 5.41) is 0. The lowest BCUT2D eigenvalue weighted by Crippen LogP contribution is -2.25. The summed E-state index contributed by atoms with van der Waals surface area (Å²) in [6.45, 7) is 10.5. The van der Waals surface area contributed by atoms with Crippen LogP contribution in [0.15, 0.2) is 6.58 Å². The molecule has 2 aliphatic carbocycles. The summed E-state index contributed by atoms with van der Waals surface area (Å²) in [5.74, 6) is 1.54. The van der Waals surface area contributed by atoms with Crippen LogP contribution >= 0.6 is 0 Å². The molecule has 2 aliphatic rings. The van der Waals surface area contributed by atoms with Gasteiger partial charge in [0.25, 0.3) is 0 Å². The molecule has 0 amide bonds. The fraction of sp³-hybridized carbons (Fsp3) is 0.833. The van der Waals surface area contributed by atoms with Gasteiger partial charge in [-0.25, -0.2) is 0 Å². The van der Waals surface area contributed by atoms with Gasteiger partial charge in [-0.3, -0.25) is 0 Å². The van der Waals surface area contributed by atoms with Gasteiger partial charge in [-0.1, -0.05) is 33.8 Å². The van der Waals surface area contributed by atoms with Gasteiger partial charge >= 0.3 is 0 Å². The normalized spacial score (nSPS) is 46.4. The maximum Gasteiger partial charge on any atom is 0.154 e. The standard InChI is InChI=1S/C12H19O/c1-5-13-12-8-9(2)6-7-10(12)11(12,3)4/h9-10H,1,6-8H2,2-4H3. The third kappa shape index (κ3) is 0.992. The summed E-state index contributed by atoms with van der Waals surface area (Å²) in [5.41, 5.74) is 0.439. The van der Waals surface area contributed by atoms with Crippen molar-refractivity contribution in [1.29, 1.82) is 0 Å². The summed E-state index contributed by atoms with van der Waals surface area (Å²) in [7, 11) is 0. The first-order valence-corrected chi connectivity index (χ1v) is 5.24. The summed E-state index contributed by atoms with van der Waals surface area (Å²) >= 11 is 0. The largest absolute Gasteiger partial charge is 0.483 e. The van der Waals surface area contributed by atoms with E-state index >= 15 is 0 Å². The van der Waals surface area contributed by atoms with Crippen molar-refractivity contribution in [1.82, 2.24) is 0 Å². The van der Waals surface area contributed by atoms with E-state index in [1.165, 1.54) is 19.3 Å². The molecule has 0 aromatic heterocycles. The van der Waals surface area contributed by atoms with Crippen LogP contribution in [0.4, 0.5) is 0 Å². The molecule has 3 unspecified atom stereocenters. The van der Waals surface area contributed by atoms with Crippen LogP contribution in [0.5, 0.6) is 0 Å². The Morgan fingerprint density at radius 2 is 2.08 bits per heavy atom. The fourth-order valence-corrected chi connectivity index (χ4v) is 3.37. The maximum absolute atomic E-state index is 5.67. The highest BCUT2D eigenvalue weighted by Crippen LogP contribution is 2.70. The zero-order valence-corrected chi connectivity index (χ0v) is 8.89. The third-order valence-electron chi connectivity index (χ3n) is 4.30. The molecule has 0 saturated heterocycles. The first kappa shape index (κ1) is 9.11. The van der Waals surface area contributed by atoms with Crippen LogP contribution in [0.1, 0.15) is 40.0 Å². The molecule has 2 rings (SSSR count). The van der Waals surface area contributed by atoms with Gasteiger partial charge in [-0.2, -0.15) is 0 Å². The van der Waals surface area contributed by atoms with Gasteiger partial charge in [-0.05, 0) is 18.8 Å². The van der Waals surface area contributed by atoms with Crippen molar-refractivity contribution in [2.75, 3.05) is 0 Å². The Hall–Kier alpha value is -0.460. The van der Waals surface area contributed by atoms with E-state index < -0.39 is 0 Å². The van der Waals surface area contributed by atoms with Crippen molar-refractivity contribution in [3.8, 4) is 0 Å². The highest BCUT2D eigenvalue weighted by Gasteiger charge is 2.74. The highest BCUT2D eigenvalue weighted by atomic mass is 16.5. The molecule has 0 aromatic carbocycles. The van der Waals surface area contributed by atoms with Crippen molar-refractivity contribution in [3.05, 3.63) is 12.8 Å². The Morgan fingerprint density at radius 1 is 1.38 bits per heavy atom. The van der Waals surface area contributed by atoms with Crippen LogP contribution in [0.3, 0.4) is 0 Å². The molecule has 2 saturated carbocycles. The zero-order valence-electron chi connectivity index (χ0n) is 8.89. The van der Waals surface area contributed by atoms with Gasteiger partial charge < -0.3 is 4.74 Å². The second-order valence-electron chi connectivity index (χ2n) is 5.30. The number of rotatable bonds is 2. The summed E-state index contributed by atoms with van der Waals surface area (Å²) in [4.78, 5) is 0. The quantitative estimate of drug-likeness (QED) is 0.592. The molecule has 0 bridgehead atoms. The van der Waals surface area contributed by atoms with Gasteiger partial charge in [-0.15, -0.1) is 0 Å². The second kappa shape index (κ2) is 2.52. The summed E-state index contributed by atoms with van der Waals surface area (Å²) in [6.07, 6.45) is 6.51. The Labute approximate surface area is 81.2 Å². The van der Waals surface area contributed by atoms with Crippen LogP contribution in [0.2, 0.25) is 0 Å². The van der Waals surface area contributed by atoms with E-state index in [0.29, 0.717) is 5.41 Å². The highest BCUT2D eigenvalue weighted by molar-refractivity contribution is 5.22. The topological polar surface area (TPSA) is 9.23 Å². The van der Waals surface area contributed by atoms with Crippen molar-refractivity contribution >= 4 is 0 Å². The maximum atomic E-state index is 5.67. The SMILES string of the molecule is C=[C]OC12CC(C)CCC1C2(C)C. The Kier molecular flexibility index (Phi) is 1.77. The van der Waals surface area contributed by atoms with Crippen LogP contribution < -0.4 is 0 Å². The third-order valence-corrected chi connectivity index (χ3v) is 4.30. The Balaban J connectivity index is 2.19. The molecular formula is C12H19O. The molecule has 0 aromatic rings. The predicted octanol–water partition coefficient (Wildman–Crippen LogP) is 3.16. The average Bonchev–Trinajstić information content (AvgIpc) is 2.48. The minimum atomic E-state index is 0.0897. The van der Waals surface area contributed by atoms with Gasteiger partial charge in [0.15, 0.2) is 6.26 Å². The van der Waals surface area contributed by atoms with Gasteiger partial charge in [0, 0.05) is 11.3 Å². The van der Waals surface area contributed by atoms with Crippen LogP contribution in [-0.4, -0.2) is 5.60 Å².